The van der Waals surface area contributed by atoms with Crippen molar-refractivity contribution in [2.24, 2.45) is 0 Å². The molecular weight excluding hydrogens is 311 g/mol. The molecule has 24 heavy (non-hydrogen) atoms. The normalized spacial score (nSPS) is 18.0. The number of aryl methyl sites for hydroxylation is 1. The van der Waals surface area contributed by atoms with E-state index in [2.05, 4.69) is 5.16 Å². The Morgan fingerprint density at radius 1 is 1.38 bits per heavy atom. The number of amides is 1. The van der Waals surface area contributed by atoms with Gasteiger partial charge < -0.3 is 14.2 Å². The number of methoxy groups -OCH3 is 1. The fourth-order valence-electron chi connectivity index (χ4n) is 3.22. The molecule has 5 nitrogen and oxygen atoms in total. The minimum absolute atomic E-state index is 0.0701. The van der Waals surface area contributed by atoms with Gasteiger partial charge in [0.1, 0.15) is 11.6 Å². The van der Waals surface area contributed by atoms with Crippen molar-refractivity contribution in [1.29, 1.82) is 0 Å². The van der Waals surface area contributed by atoms with Crippen LogP contribution in [-0.2, 0) is 11.3 Å². The van der Waals surface area contributed by atoms with Crippen LogP contribution in [0.25, 0.3) is 0 Å². The van der Waals surface area contributed by atoms with Crippen LogP contribution in [0, 0.1) is 12.7 Å². The quantitative estimate of drug-likeness (QED) is 0.858. The standard InChI is InChI=1S/C18H21FN2O3/c1-12-15(11-23-2)17(20-24-12)18(22)21-10-4-3-5-16(21)13-6-8-14(19)9-7-13/h6-9,16H,3-5,10-11H2,1-2H3. The number of halogens is 1. The molecule has 1 unspecified atom stereocenters. The van der Waals surface area contributed by atoms with Crippen molar-refractivity contribution in [3.05, 3.63) is 52.7 Å². The lowest BCUT2D eigenvalue weighted by Gasteiger charge is -2.35. The van der Waals surface area contributed by atoms with Gasteiger partial charge in [0.15, 0.2) is 5.69 Å². The third kappa shape index (κ3) is 3.19. The second-order valence-corrected chi connectivity index (χ2v) is 6.06. The first-order valence-electron chi connectivity index (χ1n) is 8.12. The molecule has 1 aliphatic heterocycles. The van der Waals surface area contributed by atoms with Crippen molar-refractivity contribution in [2.75, 3.05) is 13.7 Å². The topological polar surface area (TPSA) is 55.6 Å². The van der Waals surface area contributed by atoms with Gasteiger partial charge in [0.2, 0.25) is 0 Å². The van der Waals surface area contributed by atoms with Crippen LogP contribution in [0.1, 0.15) is 52.7 Å². The summed E-state index contributed by atoms with van der Waals surface area (Å²) >= 11 is 0. The smallest absolute Gasteiger partial charge is 0.276 e. The molecule has 1 saturated heterocycles. The summed E-state index contributed by atoms with van der Waals surface area (Å²) in [6, 6.07) is 6.29. The minimum Gasteiger partial charge on any atom is -0.380 e. The Kier molecular flexibility index (Phi) is 4.94. The van der Waals surface area contributed by atoms with Gasteiger partial charge in [-0.25, -0.2) is 4.39 Å². The van der Waals surface area contributed by atoms with Gasteiger partial charge in [0.05, 0.1) is 18.2 Å². The molecule has 1 atom stereocenters. The first-order chi connectivity index (χ1) is 11.6. The van der Waals surface area contributed by atoms with Gasteiger partial charge in [0, 0.05) is 13.7 Å². The van der Waals surface area contributed by atoms with Crippen LogP contribution in [0.3, 0.4) is 0 Å². The van der Waals surface area contributed by atoms with Crippen LogP contribution in [0.5, 0.6) is 0 Å². The summed E-state index contributed by atoms with van der Waals surface area (Å²) in [5.74, 6) is 0.158. The summed E-state index contributed by atoms with van der Waals surface area (Å²) in [5, 5.41) is 3.95. The van der Waals surface area contributed by atoms with Gasteiger partial charge in [-0.3, -0.25) is 4.79 Å². The second-order valence-electron chi connectivity index (χ2n) is 6.06. The molecular formula is C18H21FN2O3. The number of piperidine rings is 1. The molecule has 0 spiro atoms. The highest BCUT2D eigenvalue weighted by molar-refractivity contribution is 5.94. The van der Waals surface area contributed by atoms with Gasteiger partial charge >= 0.3 is 0 Å². The Morgan fingerprint density at radius 2 is 2.12 bits per heavy atom. The summed E-state index contributed by atoms with van der Waals surface area (Å²) in [6.07, 6.45) is 2.84. The van der Waals surface area contributed by atoms with Crippen molar-refractivity contribution < 1.29 is 18.4 Å². The fraction of sp³-hybridized carbons (Fsp3) is 0.444. The Bertz CT molecular complexity index is 712. The van der Waals surface area contributed by atoms with Crippen LogP contribution >= 0.6 is 0 Å². The van der Waals surface area contributed by atoms with Crippen molar-refractivity contribution in [2.45, 2.75) is 38.8 Å². The van der Waals surface area contributed by atoms with Gasteiger partial charge in [-0.1, -0.05) is 17.3 Å². The van der Waals surface area contributed by atoms with Crippen molar-refractivity contribution in [3.63, 3.8) is 0 Å². The van der Waals surface area contributed by atoms with E-state index < -0.39 is 0 Å². The third-order valence-electron chi connectivity index (χ3n) is 4.49. The molecule has 1 aromatic heterocycles. The van der Waals surface area contributed by atoms with Crippen molar-refractivity contribution in [1.82, 2.24) is 10.1 Å². The zero-order valence-corrected chi connectivity index (χ0v) is 13.9. The number of rotatable bonds is 4. The zero-order valence-electron chi connectivity index (χ0n) is 13.9. The van der Waals surface area contributed by atoms with Crippen molar-refractivity contribution in [3.8, 4) is 0 Å². The second kappa shape index (κ2) is 7.13. The molecule has 3 rings (SSSR count). The molecule has 0 saturated carbocycles. The number of carbonyl (C=O) groups excluding carboxylic acids is 1. The van der Waals surface area contributed by atoms with E-state index in [0.717, 1.165) is 24.8 Å². The maximum atomic E-state index is 13.2. The first kappa shape index (κ1) is 16.6. The van der Waals surface area contributed by atoms with Crippen LogP contribution in [-0.4, -0.2) is 29.6 Å². The molecule has 1 amide bonds. The first-order valence-corrected chi connectivity index (χ1v) is 8.12. The highest BCUT2D eigenvalue weighted by Gasteiger charge is 2.32. The number of aromatic nitrogens is 1. The summed E-state index contributed by atoms with van der Waals surface area (Å²) in [6.45, 7) is 2.70. The van der Waals surface area contributed by atoms with Gasteiger partial charge in [-0.2, -0.15) is 0 Å². The Morgan fingerprint density at radius 3 is 2.83 bits per heavy atom. The molecule has 0 N–H and O–H groups in total. The molecule has 2 aromatic rings. The Balaban J connectivity index is 1.90. The largest absolute Gasteiger partial charge is 0.380 e. The molecule has 128 valence electrons. The van der Waals surface area contributed by atoms with Crippen LogP contribution in [0.15, 0.2) is 28.8 Å². The lowest BCUT2D eigenvalue weighted by Crippen LogP contribution is -2.39. The number of nitrogens with zero attached hydrogens (tertiary/aromatic N) is 2. The maximum Gasteiger partial charge on any atom is 0.276 e. The average molecular weight is 332 g/mol. The summed E-state index contributed by atoms with van der Waals surface area (Å²) < 4.78 is 23.5. The molecule has 2 heterocycles. The van der Waals surface area contributed by atoms with Crippen molar-refractivity contribution >= 4 is 5.91 Å². The predicted octanol–water partition coefficient (Wildman–Crippen LogP) is 3.64. The van der Waals surface area contributed by atoms with E-state index in [4.69, 9.17) is 9.26 Å². The predicted molar refractivity (Wildman–Crippen MR) is 86.0 cm³/mol. The van der Waals surface area contributed by atoms with E-state index in [-0.39, 0.29) is 24.4 Å². The lowest BCUT2D eigenvalue weighted by molar-refractivity contribution is 0.0597. The molecule has 1 fully saturated rings. The van der Waals surface area contributed by atoms with E-state index in [0.29, 0.717) is 23.6 Å². The summed E-state index contributed by atoms with van der Waals surface area (Å²) in [4.78, 5) is 14.8. The van der Waals surface area contributed by atoms with E-state index in [1.165, 1.54) is 12.1 Å². The van der Waals surface area contributed by atoms with Crippen LogP contribution < -0.4 is 0 Å². The average Bonchev–Trinajstić information content (AvgIpc) is 2.96. The minimum atomic E-state index is -0.276. The zero-order chi connectivity index (χ0) is 17.1. The van der Waals surface area contributed by atoms with Gasteiger partial charge in [-0.05, 0) is 43.9 Å². The Labute approximate surface area is 140 Å². The fourth-order valence-corrected chi connectivity index (χ4v) is 3.22. The molecule has 0 radical (unpaired) electrons. The van der Waals surface area contributed by atoms with Crippen LogP contribution in [0.4, 0.5) is 4.39 Å². The SMILES string of the molecule is COCc1c(C(=O)N2CCCCC2c2ccc(F)cc2)noc1C. The monoisotopic (exact) mass is 332 g/mol. The number of benzene rings is 1. The van der Waals surface area contributed by atoms with Crippen LogP contribution in [0.2, 0.25) is 0 Å². The molecule has 0 aliphatic carbocycles. The molecule has 0 bridgehead atoms. The molecule has 1 aromatic carbocycles. The number of carbonyl (C=O) groups is 1. The summed E-state index contributed by atoms with van der Waals surface area (Å²) in [7, 11) is 1.57. The van der Waals surface area contributed by atoms with Gasteiger partial charge in [0.25, 0.3) is 5.91 Å². The maximum absolute atomic E-state index is 13.2. The van der Waals surface area contributed by atoms with E-state index >= 15 is 0 Å². The number of hydrogen-bond acceptors (Lipinski definition) is 4. The number of hydrogen-bond donors (Lipinski definition) is 0. The molecule has 1 aliphatic rings. The molecule has 6 heteroatoms. The number of ether oxygens (including phenoxy) is 1. The number of likely N-dealkylation sites (tertiary alicyclic amines) is 1. The highest BCUT2D eigenvalue weighted by Crippen LogP contribution is 2.32. The Hall–Kier alpha value is -2.21. The third-order valence-corrected chi connectivity index (χ3v) is 4.49. The lowest BCUT2D eigenvalue weighted by atomic mass is 9.94. The highest BCUT2D eigenvalue weighted by atomic mass is 19.1. The summed E-state index contributed by atoms with van der Waals surface area (Å²) in [5.41, 5.74) is 1.94. The van der Waals surface area contributed by atoms with E-state index in [9.17, 15) is 9.18 Å². The van der Waals surface area contributed by atoms with E-state index in [1.807, 2.05) is 4.90 Å². The van der Waals surface area contributed by atoms with Gasteiger partial charge in [-0.15, -0.1) is 0 Å². The van der Waals surface area contributed by atoms with E-state index in [1.54, 1.807) is 26.2 Å².